The van der Waals surface area contributed by atoms with Crippen LogP contribution in [-0.2, 0) is 6.18 Å². The summed E-state index contributed by atoms with van der Waals surface area (Å²) in [6, 6.07) is 11.4. The zero-order chi connectivity index (χ0) is 14.8. The van der Waals surface area contributed by atoms with E-state index in [9.17, 15) is 18.3 Å². The summed E-state index contributed by atoms with van der Waals surface area (Å²) in [5.74, 6) is 0.0836. The van der Waals surface area contributed by atoms with Crippen LogP contribution in [0.3, 0.4) is 0 Å². The van der Waals surface area contributed by atoms with Gasteiger partial charge in [0, 0.05) is 11.7 Å². The molecular formula is C15H14F3NO. The van der Waals surface area contributed by atoms with Crippen LogP contribution in [0.5, 0.6) is 5.75 Å². The maximum absolute atomic E-state index is 12.9. The molecule has 0 aliphatic heterocycles. The fourth-order valence-electron chi connectivity index (χ4n) is 1.97. The minimum Gasteiger partial charge on any atom is -0.508 e. The van der Waals surface area contributed by atoms with Crippen molar-refractivity contribution in [3.63, 3.8) is 0 Å². The van der Waals surface area contributed by atoms with E-state index in [1.165, 1.54) is 24.3 Å². The summed E-state index contributed by atoms with van der Waals surface area (Å²) in [5.41, 5.74) is 0.0322. The Hall–Kier alpha value is -2.17. The standard InChI is InChI=1S/C15H14F3NO/c1-10(11-5-4-6-12(20)9-11)19-14-8-3-2-7-13(14)15(16,17)18/h2-10,19-20H,1H3. The molecule has 0 spiro atoms. The van der Waals surface area contributed by atoms with E-state index >= 15 is 0 Å². The van der Waals surface area contributed by atoms with E-state index in [0.717, 1.165) is 6.07 Å². The molecule has 2 aromatic carbocycles. The van der Waals surface area contributed by atoms with E-state index in [1.807, 2.05) is 0 Å². The number of nitrogens with one attached hydrogen (secondary N) is 1. The smallest absolute Gasteiger partial charge is 0.418 e. The Morgan fingerprint density at radius 3 is 2.40 bits per heavy atom. The fraction of sp³-hybridized carbons (Fsp3) is 0.200. The number of halogens is 3. The van der Waals surface area contributed by atoms with Gasteiger partial charge in [0.05, 0.1) is 5.56 Å². The van der Waals surface area contributed by atoms with E-state index in [1.54, 1.807) is 25.1 Å². The lowest BCUT2D eigenvalue weighted by atomic mass is 10.1. The van der Waals surface area contributed by atoms with E-state index < -0.39 is 11.7 Å². The van der Waals surface area contributed by atoms with Gasteiger partial charge in [-0.25, -0.2) is 0 Å². The van der Waals surface area contributed by atoms with Gasteiger partial charge in [-0.2, -0.15) is 13.2 Å². The molecule has 0 saturated carbocycles. The van der Waals surface area contributed by atoms with Crippen molar-refractivity contribution in [2.45, 2.75) is 19.1 Å². The summed E-state index contributed by atoms with van der Waals surface area (Å²) in [6.45, 7) is 1.74. The normalized spacial score (nSPS) is 13.0. The number of phenols is 1. The molecule has 0 aliphatic rings. The molecular weight excluding hydrogens is 267 g/mol. The number of hydrogen-bond acceptors (Lipinski definition) is 2. The highest BCUT2D eigenvalue weighted by atomic mass is 19.4. The van der Waals surface area contributed by atoms with Gasteiger partial charge < -0.3 is 10.4 Å². The van der Waals surface area contributed by atoms with E-state index in [4.69, 9.17) is 0 Å². The van der Waals surface area contributed by atoms with Crippen LogP contribution >= 0.6 is 0 Å². The number of alkyl halides is 3. The molecule has 2 rings (SSSR count). The Kier molecular flexibility index (Phi) is 3.88. The number of para-hydroxylation sites is 1. The van der Waals surface area contributed by atoms with Crippen LogP contribution in [0.2, 0.25) is 0 Å². The molecule has 0 heterocycles. The van der Waals surface area contributed by atoms with Gasteiger partial charge in [-0.05, 0) is 36.8 Å². The highest BCUT2D eigenvalue weighted by Gasteiger charge is 2.33. The average Bonchev–Trinajstić information content (AvgIpc) is 2.38. The van der Waals surface area contributed by atoms with Gasteiger partial charge in [-0.1, -0.05) is 24.3 Å². The molecule has 2 N–H and O–H groups in total. The van der Waals surface area contributed by atoms with E-state index in [-0.39, 0.29) is 17.5 Å². The molecule has 0 aromatic heterocycles. The second kappa shape index (κ2) is 5.45. The average molecular weight is 281 g/mol. The number of benzene rings is 2. The topological polar surface area (TPSA) is 32.3 Å². The Morgan fingerprint density at radius 2 is 1.75 bits per heavy atom. The van der Waals surface area contributed by atoms with Crippen LogP contribution in [-0.4, -0.2) is 5.11 Å². The third-order valence-corrected chi connectivity index (χ3v) is 2.97. The van der Waals surface area contributed by atoms with E-state index in [2.05, 4.69) is 5.32 Å². The van der Waals surface area contributed by atoms with Crippen molar-refractivity contribution >= 4 is 5.69 Å². The monoisotopic (exact) mass is 281 g/mol. The van der Waals surface area contributed by atoms with Gasteiger partial charge in [-0.15, -0.1) is 0 Å². The second-order valence-electron chi connectivity index (χ2n) is 4.50. The van der Waals surface area contributed by atoms with Crippen molar-refractivity contribution in [1.29, 1.82) is 0 Å². The summed E-state index contributed by atoms with van der Waals surface area (Å²) < 4.78 is 38.7. The first kappa shape index (κ1) is 14.2. The largest absolute Gasteiger partial charge is 0.508 e. The van der Waals surface area contributed by atoms with Crippen LogP contribution in [0.1, 0.15) is 24.1 Å². The van der Waals surface area contributed by atoms with Gasteiger partial charge >= 0.3 is 6.18 Å². The maximum atomic E-state index is 12.9. The summed E-state index contributed by atoms with van der Waals surface area (Å²) >= 11 is 0. The number of rotatable bonds is 3. The zero-order valence-electron chi connectivity index (χ0n) is 10.8. The molecule has 5 heteroatoms. The van der Waals surface area contributed by atoms with Crippen molar-refractivity contribution in [3.05, 3.63) is 59.7 Å². The van der Waals surface area contributed by atoms with Gasteiger partial charge in [0.2, 0.25) is 0 Å². The Balaban J connectivity index is 2.26. The lowest BCUT2D eigenvalue weighted by Crippen LogP contribution is -2.13. The van der Waals surface area contributed by atoms with Gasteiger partial charge in [-0.3, -0.25) is 0 Å². The van der Waals surface area contributed by atoms with Crippen LogP contribution in [0, 0.1) is 0 Å². The summed E-state index contributed by atoms with van der Waals surface area (Å²) in [4.78, 5) is 0. The fourth-order valence-corrected chi connectivity index (χ4v) is 1.97. The number of anilines is 1. The molecule has 0 amide bonds. The van der Waals surface area contributed by atoms with Crippen molar-refractivity contribution in [3.8, 4) is 5.75 Å². The highest BCUT2D eigenvalue weighted by Crippen LogP contribution is 2.36. The molecule has 0 aliphatic carbocycles. The summed E-state index contributed by atoms with van der Waals surface area (Å²) in [7, 11) is 0. The first-order chi connectivity index (χ1) is 9.38. The minimum atomic E-state index is -4.40. The van der Waals surface area contributed by atoms with Crippen molar-refractivity contribution in [2.24, 2.45) is 0 Å². The molecule has 1 unspecified atom stereocenters. The molecule has 0 radical (unpaired) electrons. The molecule has 0 bridgehead atoms. The molecule has 2 aromatic rings. The van der Waals surface area contributed by atoms with E-state index in [0.29, 0.717) is 5.56 Å². The summed E-state index contributed by atoms with van der Waals surface area (Å²) in [6.07, 6.45) is -4.40. The number of hydrogen-bond donors (Lipinski definition) is 2. The SMILES string of the molecule is CC(Nc1ccccc1C(F)(F)F)c1cccc(O)c1. The van der Waals surface area contributed by atoms with Crippen molar-refractivity contribution in [1.82, 2.24) is 0 Å². The summed E-state index contributed by atoms with van der Waals surface area (Å²) in [5, 5.41) is 12.2. The lowest BCUT2D eigenvalue weighted by molar-refractivity contribution is -0.137. The molecule has 20 heavy (non-hydrogen) atoms. The van der Waals surface area contributed by atoms with Crippen LogP contribution in [0.25, 0.3) is 0 Å². The Labute approximate surface area is 114 Å². The van der Waals surface area contributed by atoms with Crippen molar-refractivity contribution < 1.29 is 18.3 Å². The first-order valence-electron chi connectivity index (χ1n) is 6.09. The molecule has 2 nitrogen and oxygen atoms in total. The predicted molar refractivity (Wildman–Crippen MR) is 71.6 cm³/mol. The van der Waals surface area contributed by atoms with Gasteiger partial charge in [0.15, 0.2) is 0 Å². The predicted octanol–water partition coefficient (Wildman–Crippen LogP) is 4.58. The van der Waals surface area contributed by atoms with Crippen LogP contribution in [0.15, 0.2) is 48.5 Å². The molecule has 1 atom stereocenters. The highest BCUT2D eigenvalue weighted by molar-refractivity contribution is 5.54. The zero-order valence-corrected chi connectivity index (χ0v) is 10.8. The lowest BCUT2D eigenvalue weighted by Gasteiger charge is -2.19. The first-order valence-corrected chi connectivity index (χ1v) is 6.09. The quantitative estimate of drug-likeness (QED) is 0.862. The van der Waals surface area contributed by atoms with Gasteiger partial charge in [0.25, 0.3) is 0 Å². The second-order valence-corrected chi connectivity index (χ2v) is 4.50. The maximum Gasteiger partial charge on any atom is 0.418 e. The Morgan fingerprint density at radius 1 is 1.05 bits per heavy atom. The molecule has 106 valence electrons. The third-order valence-electron chi connectivity index (χ3n) is 2.97. The van der Waals surface area contributed by atoms with Crippen molar-refractivity contribution in [2.75, 3.05) is 5.32 Å². The third kappa shape index (κ3) is 3.23. The number of phenolic OH excluding ortho intramolecular Hbond substituents is 1. The number of aromatic hydroxyl groups is 1. The molecule has 0 fully saturated rings. The van der Waals surface area contributed by atoms with Gasteiger partial charge in [0.1, 0.15) is 5.75 Å². The van der Waals surface area contributed by atoms with Crippen LogP contribution < -0.4 is 5.32 Å². The Bertz CT molecular complexity index is 596. The minimum absolute atomic E-state index is 0.0239. The van der Waals surface area contributed by atoms with Crippen LogP contribution in [0.4, 0.5) is 18.9 Å². The molecule has 0 saturated heterocycles.